The van der Waals surface area contributed by atoms with Crippen LogP contribution in [-0.4, -0.2) is 7.11 Å². The van der Waals surface area contributed by atoms with Gasteiger partial charge in [-0.2, -0.15) is 0 Å². The molecule has 20 heavy (non-hydrogen) atoms. The number of halogens is 2. The Morgan fingerprint density at radius 3 is 2.65 bits per heavy atom. The lowest BCUT2D eigenvalue weighted by Crippen LogP contribution is -2.14. The van der Waals surface area contributed by atoms with Crippen molar-refractivity contribution in [2.75, 3.05) is 7.11 Å². The highest BCUT2D eigenvalue weighted by molar-refractivity contribution is 6.30. The van der Waals surface area contributed by atoms with E-state index in [0.29, 0.717) is 6.42 Å². The Balaban J connectivity index is 2.24. The van der Waals surface area contributed by atoms with Crippen molar-refractivity contribution in [2.45, 2.75) is 19.4 Å². The third-order valence-corrected chi connectivity index (χ3v) is 3.55. The second kappa shape index (κ2) is 6.25. The summed E-state index contributed by atoms with van der Waals surface area (Å²) in [6.07, 6.45) is 0.575. The van der Waals surface area contributed by atoms with Crippen molar-refractivity contribution in [3.63, 3.8) is 0 Å². The predicted molar refractivity (Wildman–Crippen MR) is 79.8 cm³/mol. The van der Waals surface area contributed by atoms with E-state index in [-0.39, 0.29) is 11.1 Å². The number of benzene rings is 2. The summed E-state index contributed by atoms with van der Waals surface area (Å²) in [6, 6.07) is 10.3. The van der Waals surface area contributed by atoms with Gasteiger partial charge < -0.3 is 10.5 Å². The number of rotatable bonds is 4. The maximum Gasteiger partial charge on any atom is 0.142 e. The molecular formula is C16H17ClFNO. The lowest BCUT2D eigenvalue weighted by atomic mass is 9.98. The van der Waals surface area contributed by atoms with Crippen molar-refractivity contribution in [3.05, 3.63) is 63.9 Å². The van der Waals surface area contributed by atoms with Gasteiger partial charge in [-0.3, -0.25) is 0 Å². The minimum Gasteiger partial charge on any atom is -0.496 e. The molecule has 1 unspecified atom stereocenters. The number of aryl methyl sites for hydroxylation is 1. The van der Waals surface area contributed by atoms with Gasteiger partial charge in [-0.25, -0.2) is 4.39 Å². The molecule has 0 saturated heterocycles. The van der Waals surface area contributed by atoms with E-state index >= 15 is 0 Å². The molecule has 106 valence electrons. The largest absolute Gasteiger partial charge is 0.496 e. The maximum atomic E-state index is 13.5. The summed E-state index contributed by atoms with van der Waals surface area (Å²) >= 11 is 5.68. The van der Waals surface area contributed by atoms with E-state index in [1.54, 1.807) is 13.2 Å². The lowest BCUT2D eigenvalue weighted by molar-refractivity contribution is 0.408. The van der Waals surface area contributed by atoms with Crippen LogP contribution in [0.5, 0.6) is 5.75 Å². The SMILES string of the molecule is COc1ccc(C)cc1CC(N)c1ccc(Cl)c(F)c1. The smallest absolute Gasteiger partial charge is 0.142 e. The van der Waals surface area contributed by atoms with E-state index in [1.165, 1.54) is 12.1 Å². The van der Waals surface area contributed by atoms with Gasteiger partial charge in [0.15, 0.2) is 0 Å². The molecule has 0 fully saturated rings. The van der Waals surface area contributed by atoms with Gasteiger partial charge in [0.1, 0.15) is 11.6 Å². The summed E-state index contributed by atoms with van der Waals surface area (Å²) in [5.74, 6) is 0.344. The van der Waals surface area contributed by atoms with Gasteiger partial charge in [-0.15, -0.1) is 0 Å². The number of hydrogen-bond acceptors (Lipinski definition) is 2. The zero-order valence-electron chi connectivity index (χ0n) is 11.5. The number of methoxy groups -OCH3 is 1. The van der Waals surface area contributed by atoms with E-state index in [1.807, 2.05) is 25.1 Å². The van der Waals surface area contributed by atoms with Crippen molar-refractivity contribution in [3.8, 4) is 5.75 Å². The highest BCUT2D eigenvalue weighted by Crippen LogP contribution is 2.26. The quantitative estimate of drug-likeness (QED) is 0.923. The highest BCUT2D eigenvalue weighted by Gasteiger charge is 2.13. The molecule has 0 bridgehead atoms. The van der Waals surface area contributed by atoms with Gasteiger partial charge >= 0.3 is 0 Å². The first-order valence-corrected chi connectivity index (χ1v) is 6.73. The summed E-state index contributed by atoms with van der Waals surface area (Å²) in [7, 11) is 1.63. The van der Waals surface area contributed by atoms with E-state index in [0.717, 1.165) is 22.4 Å². The molecular weight excluding hydrogens is 277 g/mol. The fraction of sp³-hybridized carbons (Fsp3) is 0.250. The first kappa shape index (κ1) is 14.8. The Morgan fingerprint density at radius 1 is 1.25 bits per heavy atom. The molecule has 0 aromatic heterocycles. The molecule has 0 spiro atoms. The van der Waals surface area contributed by atoms with Gasteiger partial charge in [0, 0.05) is 6.04 Å². The summed E-state index contributed by atoms with van der Waals surface area (Å²) in [4.78, 5) is 0. The first-order valence-electron chi connectivity index (χ1n) is 6.35. The summed E-state index contributed by atoms with van der Waals surface area (Å²) in [6.45, 7) is 2.01. The molecule has 0 aliphatic carbocycles. The van der Waals surface area contributed by atoms with Crippen molar-refractivity contribution in [1.82, 2.24) is 0 Å². The Kier molecular flexibility index (Phi) is 4.63. The van der Waals surface area contributed by atoms with Crippen LogP contribution in [0.3, 0.4) is 0 Å². The monoisotopic (exact) mass is 293 g/mol. The van der Waals surface area contributed by atoms with Crippen LogP contribution in [0.15, 0.2) is 36.4 Å². The molecule has 2 N–H and O–H groups in total. The average Bonchev–Trinajstić information content (AvgIpc) is 2.42. The molecule has 2 nitrogen and oxygen atoms in total. The van der Waals surface area contributed by atoms with Gasteiger partial charge in [-0.05, 0) is 42.7 Å². The molecule has 2 rings (SSSR count). The number of nitrogens with two attached hydrogens (primary N) is 1. The Labute approximate surface area is 123 Å². The molecule has 4 heteroatoms. The number of hydrogen-bond donors (Lipinski definition) is 1. The standard InChI is InChI=1S/C16H17ClFNO/c1-10-3-6-16(20-2)12(7-10)9-15(19)11-4-5-13(17)14(18)8-11/h3-8,15H,9,19H2,1-2H3. The fourth-order valence-corrected chi connectivity index (χ4v) is 2.28. The normalized spacial score (nSPS) is 12.2. The van der Waals surface area contributed by atoms with Crippen molar-refractivity contribution < 1.29 is 9.13 Å². The zero-order valence-corrected chi connectivity index (χ0v) is 12.2. The average molecular weight is 294 g/mol. The van der Waals surface area contributed by atoms with E-state index in [2.05, 4.69) is 0 Å². The third kappa shape index (κ3) is 3.30. The molecule has 0 amide bonds. The van der Waals surface area contributed by atoms with Crippen LogP contribution in [0.2, 0.25) is 5.02 Å². The van der Waals surface area contributed by atoms with E-state index in [4.69, 9.17) is 22.1 Å². The van der Waals surface area contributed by atoms with E-state index < -0.39 is 5.82 Å². The zero-order chi connectivity index (χ0) is 14.7. The van der Waals surface area contributed by atoms with Gasteiger partial charge in [0.25, 0.3) is 0 Å². The fourth-order valence-electron chi connectivity index (χ4n) is 2.16. The van der Waals surface area contributed by atoms with Crippen molar-refractivity contribution >= 4 is 11.6 Å². The highest BCUT2D eigenvalue weighted by atomic mass is 35.5. The molecule has 0 aliphatic heterocycles. The Hall–Kier alpha value is -1.58. The van der Waals surface area contributed by atoms with Crippen molar-refractivity contribution in [1.29, 1.82) is 0 Å². The molecule has 1 atom stereocenters. The maximum absolute atomic E-state index is 13.5. The minimum atomic E-state index is -0.448. The topological polar surface area (TPSA) is 35.2 Å². The second-order valence-corrected chi connectivity index (χ2v) is 5.21. The molecule has 2 aromatic rings. The summed E-state index contributed by atoms with van der Waals surface area (Å²) in [5, 5.41) is 0.106. The molecule has 0 heterocycles. The third-order valence-electron chi connectivity index (χ3n) is 3.25. The van der Waals surface area contributed by atoms with Crippen LogP contribution in [0.25, 0.3) is 0 Å². The van der Waals surface area contributed by atoms with Crippen LogP contribution >= 0.6 is 11.6 Å². The van der Waals surface area contributed by atoms with Gasteiger partial charge in [0.05, 0.1) is 12.1 Å². The predicted octanol–water partition coefficient (Wildman–Crippen LogP) is 4.04. The Morgan fingerprint density at radius 2 is 2.00 bits per heavy atom. The van der Waals surface area contributed by atoms with Crippen LogP contribution in [-0.2, 0) is 6.42 Å². The van der Waals surface area contributed by atoms with Crippen LogP contribution in [0, 0.1) is 12.7 Å². The van der Waals surface area contributed by atoms with Crippen LogP contribution < -0.4 is 10.5 Å². The lowest BCUT2D eigenvalue weighted by Gasteiger charge is -2.15. The first-order chi connectivity index (χ1) is 9.51. The van der Waals surface area contributed by atoms with Crippen LogP contribution in [0.4, 0.5) is 4.39 Å². The molecule has 0 aliphatic rings. The van der Waals surface area contributed by atoms with Crippen LogP contribution in [0.1, 0.15) is 22.7 Å². The van der Waals surface area contributed by atoms with Gasteiger partial charge in [-0.1, -0.05) is 35.4 Å². The second-order valence-electron chi connectivity index (χ2n) is 4.80. The Bertz CT molecular complexity index is 615. The molecule has 2 aromatic carbocycles. The van der Waals surface area contributed by atoms with Gasteiger partial charge in [0.2, 0.25) is 0 Å². The summed E-state index contributed by atoms with van der Waals surface area (Å²) < 4.78 is 18.8. The number of ether oxygens (including phenoxy) is 1. The molecule has 0 saturated carbocycles. The summed E-state index contributed by atoms with van der Waals surface area (Å²) in [5.41, 5.74) is 9.02. The molecule has 0 radical (unpaired) electrons. The minimum absolute atomic E-state index is 0.106. The van der Waals surface area contributed by atoms with E-state index in [9.17, 15) is 4.39 Å². The van der Waals surface area contributed by atoms with Crippen molar-refractivity contribution in [2.24, 2.45) is 5.73 Å².